The van der Waals surface area contributed by atoms with Gasteiger partial charge in [0, 0.05) is 38.6 Å². The largest absolute Gasteiger partial charge is 0.507 e. The van der Waals surface area contributed by atoms with Crippen molar-refractivity contribution in [2.75, 3.05) is 0 Å². The van der Waals surface area contributed by atoms with Gasteiger partial charge in [-0.1, -0.05) is 115 Å². The minimum Gasteiger partial charge on any atom is -0.507 e. The van der Waals surface area contributed by atoms with Crippen molar-refractivity contribution in [2.24, 2.45) is 0 Å². The van der Waals surface area contributed by atoms with Gasteiger partial charge in [0.05, 0.1) is 16.6 Å². The molecule has 7 rings (SSSR count). The van der Waals surface area contributed by atoms with Gasteiger partial charge in [-0.25, -0.2) is 4.98 Å². The van der Waals surface area contributed by atoms with Crippen molar-refractivity contribution in [3.8, 4) is 45.2 Å². The zero-order valence-corrected chi connectivity index (χ0v) is 26.4. The minimum atomic E-state index is -0.127. The van der Waals surface area contributed by atoms with Crippen LogP contribution in [0.5, 0.6) is 5.75 Å². The van der Waals surface area contributed by atoms with Gasteiger partial charge in [-0.3, -0.25) is 9.55 Å². The molecule has 7 aromatic rings. The van der Waals surface area contributed by atoms with Crippen LogP contribution in [-0.2, 0) is 26.5 Å². The van der Waals surface area contributed by atoms with E-state index in [2.05, 4.69) is 91.0 Å². The summed E-state index contributed by atoms with van der Waals surface area (Å²) < 4.78 is 2.16. The molecule has 2 heterocycles. The third-order valence-corrected chi connectivity index (χ3v) is 7.79. The molecule has 0 fully saturated rings. The number of imidazole rings is 1. The molecule has 0 aliphatic carbocycles. The fourth-order valence-corrected chi connectivity index (χ4v) is 5.60. The topological polar surface area (TPSA) is 50.9 Å². The number of pyridine rings is 1. The molecule has 2 aromatic heterocycles. The Bertz CT molecular complexity index is 2080. The Kier molecular flexibility index (Phi) is 7.50. The van der Waals surface area contributed by atoms with E-state index in [-0.39, 0.29) is 32.2 Å². The van der Waals surface area contributed by atoms with Crippen LogP contribution in [0.1, 0.15) is 26.3 Å². The minimum absolute atomic E-state index is 0. The van der Waals surface area contributed by atoms with Crippen molar-refractivity contribution in [2.45, 2.75) is 26.2 Å². The first kappa shape index (κ1) is 28.6. The summed E-state index contributed by atoms with van der Waals surface area (Å²) in [5.41, 5.74) is 8.32. The number of aromatic hydroxyl groups is 1. The number of rotatable bonds is 4. The van der Waals surface area contributed by atoms with Crippen LogP contribution in [0.25, 0.3) is 61.3 Å². The van der Waals surface area contributed by atoms with Crippen molar-refractivity contribution in [3.05, 3.63) is 133 Å². The number of phenols is 1. The number of nitrogens with zero attached hydrogens (tertiary/aromatic N) is 3. The second kappa shape index (κ2) is 11.3. The van der Waals surface area contributed by atoms with Crippen LogP contribution >= 0.6 is 0 Å². The van der Waals surface area contributed by atoms with Gasteiger partial charge in [0.2, 0.25) is 0 Å². The molecule has 0 saturated carbocycles. The van der Waals surface area contributed by atoms with Gasteiger partial charge in [0.15, 0.2) is 0 Å². The zero-order chi connectivity index (χ0) is 28.8. The summed E-state index contributed by atoms with van der Waals surface area (Å²) in [6.07, 6.45) is 1.82. The van der Waals surface area contributed by atoms with E-state index >= 15 is 0 Å². The van der Waals surface area contributed by atoms with Crippen molar-refractivity contribution in [3.63, 3.8) is 0 Å². The first-order chi connectivity index (χ1) is 20.4. The molecule has 5 heteroatoms. The molecule has 1 N–H and O–H groups in total. The normalized spacial score (nSPS) is 11.5. The monoisotopic (exact) mass is 739 g/mol. The van der Waals surface area contributed by atoms with E-state index < -0.39 is 0 Å². The maximum atomic E-state index is 11.0. The van der Waals surface area contributed by atoms with Gasteiger partial charge < -0.3 is 5.11 Å². The predicted octanol–water partition coefficient (Wildman–Crippen LogP) is 9.38. The molecule has 0 bridgehead atoms. The first-order valence-electron chi connectivity index (χ1n) is 14.2. The van der Waals surface area contributed by atoms with Crippen LogP contribution < -0.4 is 0 Å². The molecule has 0 saturated heterocycles. The van der Waals surface area contributed by atoms with E-state index in [0.29, 0.717) is 11.4 Å². The van der Waals surface area contributed by atoms with Gasteiger partial charge in [0.1, 0.15) is 11.6 Å². The van der Waals surface area contributed by atoms with Crippen LogP contribution in [0.3, 0.4) is 0 Å². The Morgan fingerprint density at radius 3 is 2.21 bits per heavy atom. The molecule has 4 nitrogen and oxygen atoms in total. The third kappa shape index (κ3) is 5.17. The van der Waals surface area contributed by atoms with E-state index in [1.165, 1.54) is 5.56 Å². The second-order valence-electron chi connectivity index (χ2n) is 11.6. The van der Waals surface area contributed by atoms with Crippen LogP contribution in [-0.4, -0.2) is 19.6 Å². The van der Waals surface area contributed by atoms with Crippen molar-refractivity contribution in [1.82, 2.24) is 14.5 Å². The maximum absolute atomic E-state index is 11.0. The van der Waals surface area contributed by atoms with Crippen molar-refractivity contribution < 1.29 is 26.2 Å². The summed E-state index contributed by atoms with van der Waals surface area (Å²) in [5.74, 6) is 0.878. The van der Waals surface area contributed by atoms with Gasteiger partial charge in [0.25, 0.3) is 0 Å². The number of phenolic OH excluding ortho intramolecular Hbond substituents is 1. The second-order valence-corrected chi connectivity index (χ2v) is 11.6. The number of fused-ring (bicyclic) bond motifs is 2. The Balaban J connectivity index is 0.00000329. The van der Waals surface area contributed by atoms with Crippen LogP contribution in [0.2, 0.25) is 0 Å². The molecular weight excluding hydrogens is 710 g/mol. The smallest absolute Gasteiger partial charge is 0.148 e. The summed E-state index contributed by atoms with van der Waals surface area (Å²) >= 11 is 0. The number of aromatic nitrogens is 3. The number of hydrogen-bond acceptors (Lipinski definition) is 3. The van der Waals surface area contributed by atoms with Crippen LogP contribution in [0.4, 0.5) is 0 Å². The predicted molar refractivity (Wildman–Crippen MR) is 172 cm³/mol. The average molecular weight is 740 g/mol. The molecule has 0 aliphatic rings. The Morgan fingerprint density at radius 1 is 0.744 bits per heavy atom. The van der Waals surface area contributed by atoms with Crippen molar-refractivity contribution >= 4 is 21.8 Å². The van der Waals surface area contributed by atoms with E-state index in [1.807, 2.05) is 60.8 Å². The summed E-state index contributed by atoms with van der Waals surface area (Å²) in [5, 5.41) is 13.2. The summed E-state index contributed by atoms with van der Waals surface area (Å²) in [6, 6.07) is 42.4. The van der Waals surface area contributed by atoms with Crippen molar-refractivity contribution in [1.29, 1.82) is 0 Å². The first-order valence-corrected chi connectivity index (χ1v) is 14.2. The molecule has 214 valence electrons. The quantitative estimate of drug-likeness (QED) is 0.183. The summed E-state index contributed by atoms with van der Waals surface area (Å²) in [7, 11) is 0. The molecule has 0 radical (unpaired) electrons. The van der Waals surface area contributed by atoms with Crippen LogP contribution in [0.15, 0.2) is 121 Å². The molecule has 0 amide bonds. The van der Waals surface area contributed by atoms with Gasteiger partial charge in [-0.2, -0.15) is 0 Å². The Morgan fingerprint density at radius 2 is 1.47 bits per heavy atom. The standard InChI is InChI=1S/C38H30N3O.Pt/c1-38(2,3)27-23-32(31-22-26(33-18-11-12-20-39-33)21-25-13-7-8-16-29(25)31)36-34(24-27)41(28-14-5-4-6-15-28)37(40-36)30-17-9-10-19-35(30)42;/h4-21,23-24,42H,1-3H3;/q-1;. The zero-order valence-electron chi connectivity index (χ0n) is 24.2. The van der Waals surface area contributed by atoms with E-state index in [0.717, 1.165) is 49.9 Å². The summed E-state index contributed by atoms with van der Waals surface area (Å²) in [6.45, 7) is 6.70. The average Bonchev–Trinajstić information content (AvgIpc) is 3.40. The molecule has 0 atom stereocenters. The fourth-order valence-electron chi connectivity index (χ4n) is 5.60. The number of para-hydroxylation sites is 2. The van der Waals surface area contributed by atoms with Gasteiger partial charge in [-0.15, -0.1) is 17.7 Å². The number of benzene rings is 5. The SMILES string of the molecule is CC(C)(C)c1cc(-c2[c-]c(-c3ccccn3)cc3ccccc23)c2nc(-c3ccccc3O)n(-c3ccccc3)c2c1.[Pt]. The fraction of sp³-hybridized carbons (Fsp3) is 0.105. The molecule has 5 aromatic carbocycles. The molecule has 0 spiro atoms. The Hall–Kier alpha value is -4.53. The van der Waals surface area contributed by atoms with E-state index in [4.69, 9.17) is 4.98 Å². The van der Waals surface area contributed by atoms with Crippen LogP contribution in [0, 0.1) is 6.07 Å². The molecule has 43 heavy (non-hydrogen) atoms. The van der Waals surface area contributed by atoms with E-state index in [9.17, 15) is 5.11 Å². The maximum Gasteiger partial charge on any atom is 0.148 e. The molecule has 0 unspecified atom stereocenters. The van der Waals surface area contributed by atoms with E-state index in [1.54, 1.807) is 6.07 Å². The number of hydrogen-bond donors (Lipinski definition) is 1. The van der Waals surface area contributed by atoms with Gasteiger partial charge in [-0.05, 0) is 47.4 Å². The Labute approximate surface area is 266 Å². The third-order valence-electron chi connectivity index (χ3n) is 7.79. The molecular formula is C38H30N3OPt-. The molecule has 0 aliphatic heterocycles. The summed E-state index contributed by atoms with van der Waals surface area (Å²) in [4.78, 5) is 9.93. The van der Waals surface area contributed by atoms with Gasteiger partial charge >= 0.3 is 0 Å².